The molecular weight excluding hydrogens is 382 g/mol. The fraction of sp³-hybridized carbons (Fsp3) is 0.391. The maximum absolute atomic E-state index is 12.9. The summed E-state index contributed by atoms with van der Waals surface area (Å²) in [6.07, 6.45) is -0.0834. The van der Waals surface area contributed by atoms with Crippen LogP contribution in [0.15, 0.2) is 48.5 Å². The van der Waals surface area contributed by atoms with E-state index in [1.165, 1.54) is 16.0 Å². The first-order valence-corrected chi connectivity index (χ1v) is 10.2. The molecule has 1 aliphatic heterocycles. The van der Waals surface area contributed by atoms with Gasteiger partial charge in [0.05, 0.1) is 6.61 Å². The summed E-state index contributed by atoms with van der Waals surface area (Å²) < 4.78 is 10.7. The Balaban J connectivity index is 1.45. The zero-order valence-corrected chi connectivity index (χ0v) is 17.0. The van der Waals surface area contributed by atoms with Crippen LogP contribution in [0.3, 0.4) is 0 Å². The van der Waals surface area contributed by atoms with Gasteiger partial charge in [-0.15, -0.1) is 0 Å². The number of amides is 2. The molecule has 0 unspecified atom stereocenters. The molecule has 7 heteroatoms. The summed E-state index contributed by atoms with van der Waals surface area (Å²) in [6, 6.07) is 15.5. The highest BCUT2D eigenvalue weighted by molar-refractivity contribution is 5.86. The highest BCUT2D eigenvalue weighted by Gasteiger charge is 2.39. The molecular formula is C23H27N3O4. The molecule has 2 amide bonds. The van der Waals surface area contributed by atoms with E-state index >= 15 is 0 Å². The Morgan fingerprint density at radius 2 is 1.73 bits per heavy atom. The Hall–Kier alpha value is -2.90. The summed E-state index contributed by atoms with van der Waals surface area (Å²) >= 11 is 0. The zero-order valence-electron chi connectivity index (χ0n) is 17.0. The SMILES string of the molecule is COCCNC(=O)[C@H]1C[C@H](N)CN1C(=O)OCC1c2ccccc2-c2ccccc21. The van der Waals surface area contributed by atoms with Gasteiger partial charge in [-0.1, -0.05) is 48.5 Å². The second-order valence-electron chi connectivity index (χ2n) is 7.75. The van der Waals surface area contributed by atoms with Gasteiger partial charge in [0.15, 0.2) is 0 Å². The van der Waals surface area contributed by atoms with Crippen molar-refractivity contribution in [1.82, 2.24) is 10.2 Å². The van der Waals surface area contributed by atoms with Crippen molar-refractivity contribution in [2.75, 3.05) is 33.4 Å². The molecule has 1 aliphatic carbocycles. The second kappa shape index (κ2) is 8.85. The Morgan fingerprint density at radius 3 is 2.37 bits per heavy atom. The van der Waals surface area contributed by atoms with Gasteiger partial charge in [-0.2, -0.15) is 0 Å². The smallest absolute Gasteiger partial charge is 0.410 e. The molecule has 30 heavy (non-hydrogen) atoms. The van der Waals surface area contributed by atoms with Crippen LogP contribution in [0.4, 0.5) is 4.79 Å². The first-order valence-electron chi connectivity index (χ1n) is 10.2. The minimum absolute atomic E-state index is 0.0217. The molecule has 7 nitrogen and oxygen atoms in total. The third-order valence-corrected chi connectivity index (χ3v) is 5.81. The van der Waals surface area contributed by atoms with Gasteiger partial charge in [0, 0.05) is 32.2 Å². The normalized spacial score (nSPS) is 20.0. The van der Waals surface area contributed by atoms with Crippen molar-refractivity contribution in [1.29, 1.82) is 0 Å². The molecule has 4 rings (SSSR count). The van der Waals surface area contributed by atoms with Crippen molar-refractivity contribution in [3.63, 3.8) is 0 Å². The van der Waals surface area contributed by atoms with Gasteiger partial charge in [0.25, 0.3) is 0 Å². The number of fused-ring (bicyclic) bond motifs is 3. The number of carbonyl (C=O) groups excluding carboxylic acids is 2. The highest BCUT2D eigenvalue weighted by atomic mass is 16.6. The van der Waals surface area contributed by atoms with Gasteiger partial charge in [0.1, 0.15) is 12.6 Å². The van der Waals surface area contributed by atoms with Gasteiger partial charge in [0.2, 0.25) is 5.91 Å². The number of rotatable bonds is 6. The molecule has 1 saturated heterocycles. The Morgan fingerprint density at radius 1 is 1.10 bits per heavy atom. The monoisotopic (exact) mass is 409 g/mol. The van der Waals surface area contributed by atoms with Crippen LogP contribution >= 0.6 is 0 Å². The largest absolute Gasteiger partial charge is 0.448 e. The lowest BCUT2D eigenvalue weighted by Gasteiger charge is -2.24. The molecule has 1 heterocycles. The van der Waals surface area contributed by atoms with E-state index in [4.69, 9.17) is 15.2 Å². The van der Waals surface area contributed by atoms with Gasteiger partial charge in [-0.3, -0.25) is 9.69 Å². The van der Waals surface area contributed by atoms with Crippen LogP contribution in [-0.4, -0.2) is 62.4 Å². The van der Waals surface area contributed by atoms with E-state index in [2.05, 4.69) is 29.6 Å². The number of ether oxygens (including phenoxy) is 2. The molecule has 0 saturated carbocycles. The predicted octanol–water partition coefficient (Wildman–Crippen LogP) is 2.10. The molecule has 2 atom stereocenters. The number of nitrogens with one attached hydrogen (secondary N) is 1. The third kappa shape index (κ3) is 3.91. The highest BCUT2D eigenvalue weighted by Crippen LogP contribution is 2.44. The summed E-state index contributed by atoms with van der Waals surface area (Å²) in [7, 11) is 1.57. The number of methoxy groups -OCH3 is 1. The van der Waals surface area contributed by atoms with E-state index in [-0.39, 0.29) is 24.5 Å². The van der Waals surface area contributed by atoms with Crippen LogP contribution in [-0.2, 0) is 14.3 Å². The van der Waals surface area contributed by atoms with Crippen molar-refractivity contribution in [2.24, 2.45) is 5.73 Å². The van der Waals surface area contributed by atoms with Gasteiger partial charge in [-0.25, -0.2) is 4.79 Å². The molecule has 2 aromatic carbocycles. The van der Waals surface area contributed by atoms with E-state index in [0.717, 1.165) is 11.1 Å². The van der Waals surface area contributed by atoms with Crippen molar-refractivity contribution in [3.8, 4) is 11.1 Å². The maximum Gasteiger partial charge on any atom is 0.410 e. The van der Waals surface area contributed by atoms with Crippen LogP contribution in [0.2, 0.25) is 0 Å². The first-order chi connectivity index (χ1) is 14.6. The standard InChI is InChI=1S/C23H27N3O4/c1-29-11-10-25-22(27)21-12-15(24)13-26(21)23(28)30-14-20-18-8-4-2-6-16(18)17-7-3-5-9-19(17)20/h2-9,15,20-21H,10-14,24H2,1H3,(H,25,27)/t15-,21+/m0/s1. The molecule has 0 spiro atoms. The summed E-state index contributed by atoms with van der Waals surface area (Å²) in [6.45, 7) is 1.32. The van der Waals surface area contributed by atoms with Gasteiger partial charge < -0.3 is 20.5 Å². The summed E-state index contributed by atoms with van der Waals surface area (Å²) in [5, 5.41) is 2.79. The number of nitrogens with zero attached hydrogens (tertiary/aromatic N) is 1. The molecule has 0 bridgehead atoms. The fourth-order valence-electron chi connectivity index (χ4n) is 4.39. The molecule has 0 radical (unpaired) electrons. The fourth-order valence-corrected chi connectivity index (χ4v) is 4.39. The van der Waals surface area contributed by atoms with Crippen molar-refractivity contribution < 1.29 is 19.1 Å². The Bertz CT molecular complexity index is 887. The van der Waals surface area contributed by atoms with E-state index in [1.807, 2.05) is 24.3 Å². The predicted molar refractivity (Wildman–Crippen MR) is 113 cm³/mol. The minimum atomic E-state index is -0.618. The van der Waals surface area contributed by atoms with Crippen LogP contribution in [0, 0.1) is 0 Å². The number of likely N-dealkylation sites (tertiary alicyclic amines) is 1. The van der Waals surface area contributed by atoms with Crippen LogP contribution in [0.1, 0.15) is 23.5 Å². The molecule has 2 aromatic rings. The number of benzene rings is 2. The summed E-state index contributed by atoms with van der Waals surface area (Å²) in [4.78, 5) is 26.8. The minimum Gasteiger partial charge on any atom is -0.448 e. The lowest BCUT2D eigenvalue weighted by atomic mass is 9.98. The third-order valence-electron chi connectivity index (χ3n) is 5.81. The van der Waals surface area contributed by atoms with Crippen LogP contribution in [0.5, 0.6) is 0 Å². The van der Waals surface area contributed by atoms with Crippen LogP contribution in [0.25, 0.3) is 11.1 Å². The zero-order chi connectivity index (χ0) is 21.1. The van der Waals surface area contributed by atoms with Crippen molar-refractivity contribution >= 4 is 12.0 Å². The quantitative estimate of drug-likeness (QED) is 0.713. The summed E-state index contributed by atoms with van der Waals surface area (Å²) in [5.41, 5.74) is 10.7. The topological polar surface area (TPSA) is 93.9 Å². The van der Waals surface area contributed by atoms with Gasteiger partial charge in [-0.05, 0) is 28.7 Å². The molecule has 0 aromatic heterocycles. The maximum atomic E-state index is 12.9. The molecule has 158 valence electrons. The number of hydrogen-bond donors (Lipinski definition) is 2. The molecule has 1 fully saturated rings. The summed E-state index contributed by atoms with van der Waals surface area (Å²) in [5.74, 6) is -0.250. The number of carbonyl (C=O) groups is 2. The average Bonchev–Trinajstić information content (AvgIpc) is 3.30. The molecule has 3 N–H and O–H groups in total. The van der Waals surface area contributed by atoms with Gasteiger partial charge >= 0.3 is 6.09 Å². The second-order valence-corrected chi connectivity index (χ2v) is 7.75. The van der Waals surface area contributed by atoms with E-state index in [1.54, 1.807) is 7.11 Å². The number of hydrogen-bond acceptors (Lipinski definition) is 5. The van der Waals surface area contributed by atoms with Crippen LogP contribution < -0.4 is 11.1 Å². The van der Waals surface area contributed by atoms with Crippen molar-refractivity contribution in [3.05, 3.63) is 59.7 Å². The first kappa shape index (κ1) is 20.4. The van der Waals surface area contributed by atoms with Crippen molar-refractivity contribution in [2.45, 2.75) is 24.4 Å². The van der Waals surface area contributed by atoms with E-state index in [9.17, 15) is 9.59 Å². The average molecular weight is 409 g/mol. The lowest BCUT2D eigenvalue weighted by molar-refractivity contribution is -0.125. The van der Waals surface area contributed by atoms with E-state index in [0.29, 0.717) is 26.1 Å². The Kier molecular flexibility index (Phi) is 6.01. The molecule has 2 aliphatic rings. The lowest BCUT2D eigenvalue weighted by Crippen LogP contribution is -2.47. The number of nitrogens with two attached hydrogens (primary N) is 1. The Labute approximate surface area is 176 Å². The van der Waals surface area contributed by atoms with E-state index < -0.39 is 12.1 Å².